The Morgan fingerprint density at radius 1 is 1.41 bits per heavy atom. The van der Waals surface area contributed by atoms with Gasteiger partial charge in [-0.05, 0) is 40.9 Å². The van der Waals surface area contributed by atoms with Crippen molar-refractivity contribution >= 4 is 22.0 Å². The summed E-state index contributed by atoms with van der Waals surface area (Å²) in [6.07, 6.45) is 4.62. The summed E-state index contributed by atoms with van der Waals surface area (Å²) >= 11 is 2.99. The first-order valence-electron chi connectivity index (χ1n) is 5.37. The Bertz CT molecular complexity index is 492. The predicted octanol–water partition coefficient (Wildman–Crippen LogP) is 3.40. The van der Waals surface area contributed by atoms with Gasteiger partial charge in [-0.1, -0.05) is 12.8 Å². The van der Waals surface area contributed by atoms with Crippen LogP contribution in [0.5, 0.6) is 5.75 Å². The third kappa shape index (κ3) is 2.01. The lowest BCUT2D eigenvalue weighted by atomic mass is 9.88. The van der Waals surface area contributed by atoms with E-state index in [1.807, 2.05) is 0 Å². The van der Waals surface area contributed by atoms with Crippen LogP contribution < -0.4 is 0 Å². The molecule has 1 aliphatic rings. The molecule has 0 bridgehead atoms. The highest BCUT2D eigenvalue weighted by molar-refractivity contribution is 9.10. The van der Waals surface area contributed by atoms with Gasteiger partial charge in [-0.2, -0.15) is 4.99 Å². The summed E-state index contributed by atoms with van der Waals surface area (Å²) in [7, 11) is 0. The lowest BCUT2D eigenvalue weighted by molar-refractivity contribution is 0.420. The number of halogens is 2. The molecule has 2 rings (SSSR count). The Morgan fingerprint density at radius 3 is 2.65 bits per heavy atom. The van der Waals surface area contributed by atoms with Crippen LogP contribution in [0.25, 0.3) is 0 Å². The van der Waals surface area contributed by atoms with Gasteiger partial charge in [-0.3, -0.25) is 0 Å². The zero-order valence-corrected chi connectivity index (χ0v) is 10.6. The minimum atomic E-state index is -0.804. The molecule has 1 fully saturated rings. The van der Waals surface area contributed by atoms with E-state index in [0.717, 1.165) is 12.8 Å². The Labute approximate surface area is 106 Å². The van der Waals surface area contributed by atoms with Crippen molar-refractivity contribution in [2.24, 2.45) is 4.99 Å². The number of nitrogens with zero attached hydrogens (tertiary/aromatic N) is 1. The predicted molar refractivity (Wildman–Crippen MR) is 64.0 cm³/mol. The lowest BCUT2D eigenvalue weighted by Crippen LogP contribution is -2.20. The average molecular weight is 300 g/mol. The van der Waals surface area contributed by atoms with Crippen molar-refractivity contribution in [1.82, 2.24) is 0 Å². The SMILES string of the molecule is O=C=NC1(c2ccc(O)c(Br)c2F)CCCC1. The van der Waals surface area contributed by atoms with E-state index >= 15 is 0 Å². The molecule has 0 spiro atoms. The number of carbonyl (C=O) groups excluding carboxylic acids is 1. The number of phenolic OH excluding ortho intramolecular Hbond substituents is 1. The van der Waals surface area contributed by atoms with Crippen LogP contribution in [0.15, 0.2) is 21.6 Å². The molecular weight excluding hydrogens is 289 g/mol. The minimum Gasteiger partial charge on any atom is -0.507 e. The summed E-state index contributed by atoms with van der Waals surface area (Å²) in [5.74, 6) is -0.708. The fraction of sp³-hybridized carbons (Fsp3) is 0.417. The molecule has 90 valence electrons. The van der Waals surface area contributed by atoms with Crippen LogP contribution in [0.1, 0.15) is 31.2 Å². The van der Waals surface area contributed by atoms with E-state index in [2.05, 4.69) is 20.9 Å². The second-order valence-electron chi connectivity index (χ2n) is 4.20. The van der Waals surface area contributed by atoms with E-state index in [1.165, 1.54) is 12.1 Å². The maximum absolute atomic E-state index is 14.1. The van der Waals surface area contributed by atoms with Gasteiger partial charge in [-0.15, -0.1) is 0 Å². The molecule has 1 N–H and O–H groups in total. The molecule has 5 heteroatoms. The van der Waals surface area contributed by atoms with Gasteiger partial charge < -0.3 is 5.11 Å². The molecule has 0 amide bonds. The largest absolute Gasteiger partial charge is 0.507 e. The zero-order chi connectivity index (χ0) is 12.5. The van der Waals surface area contributed by atoms with Crippen molar-refractivity contribution in [2.75, 3.05) is 0 Å². The van der Waals surface area contributed by atoms with Gasteiger partial charge in [0.15, 0.2) is 0 Å². The standard InChI is InChI=1S/C12H11BrFNO2/c13-10-9(17)4-3-8(11(10)14)12(15-7-16)5-1-2-6-12/h3-4,17H,1-2,5-6H2. The Hall–Kier alpha value is -1.19. The summed E-state index contributed by atoms with van der Waals surface area (Å²) in [5.41, 5.74) is -0.453. The third-order valence-electron chi connectivity index (χ3n) is 3.25. The van der Waals surface area contributed by atoms with Crippen molar-refractivity contribution < 1.29 is 14.3 Å². The summed E-state index contributed by atoms with van der Waals surface area (Å²) in [4.78, 5) is 14.3. The first kappa shape index (κ1) is 12.3. The van der Waals surface area contributed by atoms with Gasteiger partial charge >= 0.3 is 0 Å². The quantitative estimate of drug-likeness (QED) is 0.672. The summed E-state index contributed by atoms with van der Waals surface area (Å²) in [6.45, 7) is 0. The number of aliphatic imine (C=N–C) groups is 1. The molecule has 17 heavy (non-hydrogen) atoms. The van der Waals surface area contributed by atoms with Crippen molar-refractivity contribution in [3.63, 3.8) is 0 Å². The van der Waals surface area contributed by atoms with Crippen molar-refractivity contribution in [3.8, 4) is 5.75 Å². The summed E-state index contributed by atoms with van der Waals surface area (Å²) in [6, 6.07) is 2.89. The fourth-order valence-corrected chi connectivity index (χ4v) is 2.73. The Kier molecular flexibility index (Phi) is 3.31. The fourth-order valence-electron chi connectivity index (χ4n) is 2.39. The number of rotatable bonds is 2. The van der Waals surface area contributed by atoms with E-state index < -0.39 is 11.4 Å². The van der Waals surface area contributed by atoms with E-state index in [1.54, 1.807) is 6.08 Å². The first-order chi connectivity index (χ1) is 8.10. The molecule has 1 aliphatic carbocycles. The normalized spacial score (nSPS) is 17.8. The Balaban J connectivity index is 2.58. The van der Waals surface area contributed by atoms with Gasteiger partial charge in [0.25, 0.3) is 0 Å². The van der Waals surface area contributed by atoms with Crippen LogP contribution in [-0.2, 0) is 10.3 Å². The van der Waals surface area contributed by atoms with Crippen LogP contribution in [0.4, 0.5) is 4.39 Å². The monoisotopic (exact) mass is 299 g/mol. The number of aromatic hydroxyl groups is 1. The summed E-state index contributed by atoms with van der Waals surface area (Å²) in [5, 5.41) is 9.39. The van der Waals surface area contributed by atoms with Gasteiger partial charge in [0.05, 0.1) is 4.47 Å². The molecular formula is C12H11BrFNO2. The highest BCUT2D eigenvalue weighted by Gasteiger charge is 2.38. The van der Waals surface area contributed by atoms with Crippen molar-refractivity contribution in [3.05, 3.63) is 28.0 Å². The average Bonchev–Trinajstić information content (AvgIpc) is 2.76. The maximum atomic E-state index is 14.1. The summed E-state index contributed by atoms with van der Waals surface area (Å²) < 4.78 is 14.1. The number of hydrogen-bond donors (Lipinski definition) is 1. The Morgan fingerprint density at radius 2 is 2.06 bits per heavy atom. The maximum Gasteiger partial charge on any atom is 0.235 e. The molecule has 1 aromatic rings. The second-order valence-corrected chi connectivity index (χ2v) is 4.99. The highest BCUT2D eigenvalue weighted by Crippen LogP contribution is 2.45. The molecule has 0 unspecified atom stereocenters. The van der Waals surface area contributed by atoms with E-state index in [4.69, 9.17) is 0 Å². The van der Waals surface area contributed by atoms with Crippen LogP contribution in [0.3, 0.4) is 0 Å². The van der Waals surface area contributed by atoms with E-state index in [0.29, 0.717) is 18.4 Å². The van der Waals surface area contributed by atoms with Gasteiger partial charge in [-0.25, -0.2) is 9.18 Å². The number of hydrogen-bond acceptors (Lipinski definition) is 3. The molecule has 1 aromatic carbocycles. The molecule has 0 aliphatic heterocycles. The number of benzene rings is 1. The highest BCUT2D eigenvalue weighted by atomic mass is 79.9. The zero-order valence-electron chi connectivity index (χ0n) is 9.04. The lowest BCUT2D eigenvalue weighted by Gasteiger charge is -2.23. The number of phenols is 1. The molecule has 0 saturated heterocycles. The number of isocyanates is 1. The first-order valence-corrected chi connectivity index (χ1v) is 6.16. The van der Waals surface area contributed by atoms with Gasteiger partial charge in [0, 0.05) is 5.56 Å². The van der Waals surface area contributed by atoms with Crippen LogP contribution >= 0.6 is 15.9 Å². The second kappa shape index (κ2) is 4.59. The van der Waals surface area contributed by atoms with Crippen LogP contribution in [0.2, 0.25) is 0 Å². The van der Waals surface area contributed by atoms with Gasteiger partial charge in [0.2, 0.25) is 6.08 Å². The molecule has 1 saturated carbocycles. The third-order valence-corrected chi connectivity index (χ3v) is 4.01. The topological polar surface area (TPSA) is 49.7 Å². The molecule has 0 heterocycles. The molecule has 3 nitrogen and oxygen atoms in total. The smallest absolute Gasteiger partial charge is 0.235 e. The molecule has 0 atom stereocenters. The van der Waals surface area contributed by atoms with E-state index in [9.17, 15) is 14.3 Å². The van der Waals surface area contributed by atoms with Crippen LogP contribution in [0, 0.1) is 5.82 Å². The van der Waals surface area contributed by atoms with Crippen molar-refractivity contribution in [2.45, 2.75) is 31.2 Å². The van der Waals surface area contributed by atoms with Crippen LogP contribution in [-0.4, -0.2) is 11.2 Å². The molecule has 0 aromatic heterocycles. The van der Waals surface area contributed by atoms with Gasteiger partial charge in [0.1, 0.15) is 17.1 Å². The van der Waals surface area contributed by atoms with E-state index in [-0.39, 0.29) is 10.2 Å². The minimum absolute atomic E-state index is 0.0161. The molecule has 0 radical (unpaired) electrons. The van der Waals surface area contributed by atoms with Crippen molar-refractivity contribution in [1.29, 1.82) is 0 Å².